The van der Waals surface area contributed by atoms with Crippen LogP contribution in [0.25, 0.3) is 0 Å². The van der Waals surface area contributed by atoms with Crippen molar-refractivity contribution in [3.05, 3.63) is 18.7 Å². The minimum absolute atomic E-state index is 0.458. The number of nitrogens with zero attached hydrogens (tertiary/aromatic N) is 6. The van der Waals surface area contributed by atoms with Gasteiger partial charge in [-0.15, -0.1) is 0 Å². The number of hydrogen-bond acceptors (Lipinski definition) is 4. The van der Waals surface area contributed by atoms with Crippen LogP contribution in [-0.4, -0.2) is 95.7 Å². The smallest absolute Gasteiger partial charge is 0.194 e. The quantitative estimate of drug-likeness (QED) is 0.622. The van der Waals surface area contributed by atoms with Crippen LogP contribution in [0.5, 0.6) is 0 Å². The van der Waals surface area contributed by atoms with Crippen molar-refractivity contribution in [2.24, 2.45) is 10.9 Å². The molecule has 0 saturated carbocycles. The lowest BCUT2D eigenvalue weighted by Gasteiger charge is -2.39. The van der Waals surface area contributed by atoms with E-state index in [1.807, 2.05) is 12.5 Å². The normalized spacial score (nSPS) is 27.0. The molecule has 1 aromatic heterocycles. The molecule has 2 aliphatic heterocycles. The van der Waals surface area contributed by atoms with Gasteiger partial charge >= 0.3 is 0 Å². The fraction of sp³-hybridized carbons (Fsp3) is 0.800. The van der Waals surface area contributed by atoms with Crippen molar-refractivity contribution in [3.8, 4) is 0 Å². The fourth-order valence-electron chi connectivity index (χ4n) is 4.12. The molecule has 2 fully saturated rings. The molecule has 27 heavy (non-hydrogen) atoms. The van der Waals surface area contributed by atoms with Crippen molar-refractivity contribution < 1.29 is 0 Å². The van der Waals surface area contributed by atoms with Crippen LogP contribution in [0.4, 0.5) is 0 Å². The molecule has 2 saturated heterocycles. The number of nitrogens with one attached hydrogen (secondary N) is 1. The third kappa shape index (κ3) is 5.23. The molecule has 0 radical (unpaired) electrons. The number of guanidine groups is 1. The maximum absolute atomic E-state index is 5.02. The van der Waals surface area contributed by atoms with Gasteiger partial charge in [-0.05, 0) is 33.2 Å². The molecule has 3 heterocycles. The maximum atomic E-state index is 5.02. The predicted molar refractivity (Wildman–Crippen MR) is 111 cm³/mol. The molecule has 3 atom stereocenters. The summed E-state index contributed by atoms with van der Waals surface area (Å²) in [5, 5.41) is 3.52. The zero-order valence-electron chi connectivity index (χ0n) is 17.5. The Labute approximate surface area is 164 Å². The van der Waals surface area contributed by atoms with Crippen molar-refractivity contribution in [2.75, 3.05) is 59.4 Å². The number of likely N-dealkylation sites (tertiary alicyclic amines) is 1. The summed E-state index contributed by atoms with van der Waals surface area (Å²) in [4.78, 5) is 16.7. The minimum Gasteiger partial charge on any atom is -0.357 e. The predicted octanol–water partition coefficient (Wildman–Crippen LogP) is 1.37. The van der Waals surface area contributed by atoms with Crippen LogP contribution in [-0.2, 0) is 0 Å². The van der Waals surface area contributed by atoms with Crippen LogP contribution in [0.2, 0.25) is 0 Å². The Balaban J connectivity index is 1.62. The van der Waals surface area contributed by atoms with E-state index in [4.69, 9.17) is 4.99 Å². The molecule has 1 N–H and O–H groups in total. The molecule has 3 unspecified atom stereocenters. The second-order valence-electron chi connectivity index (χ2n) is 8.17. The van der Waals surface area contributed by atoms with Crippen LogP contribution in [0, 0.1) is 5.92 Å². The lowest BCUT2D eigenvalue weighted by Crippen LogP contribution is -2.51. The summed E-state index contributed by atoms with van der Waals surface area (Å²) >= 11 is 0. The second-order valence-corrected chi connectivity index (χ2v) is 8.17. The van der Waals surface area contributed by atoms with E-state index < -0.39 is 0 Å². The van der Waals surface area contributed by atoms with E-state index in [9.17, 15) is 0 Å². The molecular formula is C20H37N7. The van der Waals surface area contributed by atoms with Gasteiger partial charge in [0.1, 0.15) is 0 Å². The first-order valence-electron chi connectivity index (χ1n) is 10.5. The average Bonchev–Trinajstić information content (AvgIpc) is 3.20. The van der Waals surface area contributed by atoms with Gasteiger partial charge in [-0.2, -0.15) is 0 Å². The highest BCUT2D eigenvalue weighted by Gasteiger charge is 2.29. The Morgan fingerprint density at radius 1 is 1.26 bits per heavy atom. The number of aromatic nitrogens is 2. The Kier molecular flexibility index (Phi) is 7.13. The molecule has 3 rings (SSSR count). The Morgan fingerprint density at radius 3 is 2.70 bits per heavy atom. The highest BCUT2D eigenvalue weighted by molar-refractivity contribution is 5.80. The van der Waals surface area contributed by atoms with Gasteiger partial charge < -0.3 is 19.7 Å². The van der Waals surface area contributed by atoms with Gasteiger partial charge in [-0.25, -0.2) is 4.98 Å². The van der Waals surface area contributed by atoms with E-state index in [0.717, 1.165) is 58.3 Å². The van der Waals surface area contributed by atoms with Crippen molar-refractivity contribution in [1.82, 2.24) is 29.6 Å². The zero-order chi connectivity index (χ0) is 19.2. The molecule has 0 spiro atoms. The molecule has 152 valence electrons. The standard InChI is InChI=1S/C20H37N7/c1-5-22-20(23-14-18(3)25-12-10-24(4)11-13-25)26-8-6-17(2)19(15-26)27-9-7-21-16-27/h7,9,16-19H,5-6,8,10-15H2,1-4H3,(H,22,23). The Morgan fingerprint density at radius 2 is 2.04 bits per heavy atom. The van der Waals surface area contributed by atoms with Crippen LogP contribution in [0.1, 0.15) is 33.2 Å². The second kappa shape index (κ2) is 9.55. The van der Waals surface area contributed by atoms with Crippen LogP contribution >= 0.6 is 0 Å². The Hall–Kier alpha value is -1.60. The summed E-state index contributed by atoms with van der Waals surface area (Å²) in [5.41, 5.74) is 0. The van der Waals surface area contributed by atoms with Gasteiger partial charge in [-0.1, -0.05) is 6.92 Å². The van der Waals surface area contributed by atoms with E-state index in [0.29, 0.717) is 18.0 Å². The van der Waals surface area contributed by atoms with E-state index in [2.05, 4.69) is 63.6 Å². The summed E-state index contributed by atoms with van der Waals surface area (Å²) in [6.07, 6.45) is 7.10. The fourth-order valence-corrected chi connectivity index (χ4v) is 4.12. The highest BCUT2D eigenvalue weighted by Crippen LogP contribution is 2.27. The lowest BCUT2D eigenvalue weighted by molar-refractivity contribution is 0.121. The van der Waals surface area contributed by atoms with E-state index in [-0.39, 0.29) is 0 Å². The molecule has 0 aromatic carbocycles. The largest absolute Gasteiger partial charge is 0.357 e. The van der Waals surface area contributed by atoms with E-state index in [1.54, 1.807) is 0 Å². The summed E-state index contributed by atoms with van der Waals surface area (Å²) < 4.78 is 2.26. The third-order valence-electron chi connectivity index (χ3n) is 6.13. The number of piperidine rings is 1. The Bertz CT molecular complexity index is 577. The van der Waals surface area contributed by atoms with Gasteiger partial charge in [0.05, 0.1) is 18.9 Å². The van der Waals surface area contributed by atoms with Crippen molar-refractivity contribution in [2.45, 2.75) is 39.3 Å². The molecule has 7 nitrogen and oxygen atoms in total. The number of likely N-dealkylation sites (N-methyl/N-ethyl adjacent to an activating group) is 1. The third-order valence-corrected chi connectivity index (χ3v) is 6.13. The summed E-state index contributed by atoms with van der Waals surface area (Å²) in [7, 11) is 2.21. The van der Waals surface area contributed by atoms with Gasteiger partial charge in [0.15, 0.2) is 5.96 Å². The van der Waals surface area contributed by atoms with Crippen LogP contribution < -0.4 is 5.32 Å². The van der Waals surface area contributed by atoms with Gasteiger partial charge in [0.25, 0.3) is 0 Å². The van der Waals surface area contributed by atoms with Gasteiger partial charge in [0, 0.05) is 64.2 Å². The first-order chi connectivity index (χ1) is 13.1. The van der Waals surface area contributed by atoms with Crippen molar-refractivity contribution >= 4 is 5.96 Å². The summed E-state index contributed by atoms with van der Waals surface area (Å²) in [6, 6.07) is 0.945. The minimum atomic E-state index is 0.458. The molecule has 0 amide bonds. The molecule has 1 aromatic rings. The molecule has 0 bridgehead atoms. The number of rotatable bonds is 5. The average molecular weight is 376 g/mol. The number of imidazole rings is 1. The SMILES string of the molecule is CCNC(=NCC(C)N1CCN(C)CC1)N1CCC(C)C(n2ccnc2)C1. The van der Waals surface area contributed by atoms with E-state index >= 15 is 0 Å². The molecular weight excluding hydrogens is 338 g/mol. The van der Waals surface area contributed by atoms with Crippen molar-refractivity contribution in [3.63, 3.8) is 0 Å². The first-order valence-corrected chi connectivity index (χ1v) is 10.5. The van der Waals surface area contributed by atoms with Gasteiger partial charge in [-0.3, -0.25) is 9.89 Å². The highest BCUT2D eigenvalue weighted by atomic mass is 15.3. The number of aliphatic imine (C=N–C) groups is 1. The monoisotopic (exact) mass is 375 g/mol. The van der Waals surface area contributed by atoms with Crippen LogP contribution in [0.3, 0.4) is 0 Å². The number of hydrogen-bond donors (Lipinski definition) is 1. The van der Waals surface area contributed by atoms with Crippen LogP contribution in [0.15, 0.2) is 23.7 Å². The lowest BCUT2D eigenvalue weighted by atomic mass is 9.93. The first kappa shape index (κ1) is 20.1. The van der Waals surface area contributed by atoms with Gasteiger partial charge in [0.2, 0.25) is 0 Å². The molecule has 0 aliphatic carbocycles. The van der Waals surface area contributed by atoms with Crippen molar-refractivity contribution in [1.29, 1.82) is 0 Å². The van der Waals surface area contributed by atoms with E-state index in [1.165, 1.54) is 6.42 Å². The summed E-state index contributed by atoms with van der Waals surface area (Å²) in [5.74, 6) is 1.72. The topological polar surface area (TPSA) is 51.9 Å². The summed E-state index contributed by atoms with van der Waals surface area (Å²) in [6.45, 7) is 15.2. The molecule has 7 heteroatoms. The zero-order valence-corrected chi connectivity index (χ0v) is 17.5. The maximum Gasteiger partial charge on any atom is 0.194 e. The number of piperazine rings is 1. The molecule has 2 aliphatic rings.